The molecule has 18 heavy (non-hydrogen) atoms. The number of rotatable bonds is 4. The van der Waals surface area contributed by atoms with Crippen LogP contribution in [0.2, 0.25) is 0 Å². The van der Waals surface area contributed by atoms with E-state index in [-0.39, 0.29) is 0 Å². The van der Waals surface area contributed by atoms with Crippen molar-refractivity contribution in [2.24, 2.45) is 12.8 Å². The molecule has 3 rings (SSSR count). The number of fused-ring (bicyclic) bond motifs is 1. The molecule has 9 heteroatoms. The average Bonchev–Trinajstić information content (AvgIpc) is 3.01. The van der Waals surface area contributed by atoms with Gasteiger partial charge in [-0.05, 0) is 28.7 Å². The topological polar surface area (TPSA) is 86.9 Å². The van der Waals surface area contributed by atoms with Crippen LogP contribution >= 0.6 is 23.1 Å². The van der Waals surface area contributed by atoms with Gasteiger partial charge in [0.15, 0.2) is 4.96 Å². The fourth-order valence-corrected chi connectivity index (χ4v) is 3.31. The molecule has 0 aliphatic carbocycles. The molecule has 3 heterocycles. The van der Waals surface area contributed by atoms with Crippen molar-refractivity contribution in [3.8, 4) is 0 Å². The summed E-state index contributed by atoms with van der Waals surface area (Å²) in [6.45, 7) is 0.592. The monoisotopic (exact) mass is 281 g/mol. The molecule has 0 fully saturated rings. The third-order valence-electron chi connectivity index (χ3n) is 2.47. The molecule has 2 N–H and O–H groups in total. The fourth-order valence-electron chi connectivity index (χ4n) is 1.65. The van der Waals surface area contributed by atoms with E-state index < -0.39 is 0 Å². The number of aromatic nitrogens is 6. The molecule has 3 aromatic rings. The van der Waals surface area contributed by atoms with Crippen LogP contribution in [0.3, 0.4) is 0 Å². The van der Waals surface area contributed by atoms with E-state index in [0.717, 1.165) is 27.3 Å². The summed E-state index contributed by atoms with van der Waals surface area (Å²) < 4.78 is 3.70. The molecular weight excluding hydrogens is 270 g/mol. The lowest BCUT2D eigenvalue weighted by molar-refractivity contribution is 0.664. The zero-order valence-corrected chi connectivity index (χ0v) is 11.3. The van der Waals surface area contributed by atoms with Crippen LogP contribution in [0.15, 0.2) is 21.8 Å². The molecule has 0 aliphatic heterocycles. The molecule has 0 aliphatic rings. The lowest BCUT2D eigenvalue weighted by atomic mass is 10.3. The van der Waals surface area contributed by atoms with Gasteiger partial charge in [0.25, 0.3) is 0 Å². The summed E-state index contributed by atoms with van der Waals surface area (Å²) in [6, 6.07) is 0. The van der Waals surface area contributed by atoms with Crippen molar-refractivity contribution >= 4 is 28.1 Å². The predicted molar refractivity (Wildman–Crippen MR) is 68.7 cm³/mol. The number of nitrogens with two attached hydrogens (primary N) is 1. The first-order valence-electron chi connectivity index (χ1n) is 5.34. The van der Waals surface area contributed by atoms with Crippen molar-refractivity contribution < 1.29 is 0 Å². The van der Waals surface area contributed by atoms with E-state index in [1.54, 1.807) is 16.0 Å². The van der Waals surface area contributed by atoms with Crippen LogP contribution < -0.4 is 5.73 Å². The quantitative estimate of drug-likeness (QED) is 0.752. The molecule has 0 saturated heterocycles. The molecule has 0 radical (unpaired) electrons. The third-order valence-corrected chi connectivity index (χ3v) is 4.28. The largest absolute Gasteiger partial charge is 0.330 e. The van der Waals surface area contributed by atoms with Crippen LogP contribution in [0.5, 0.6) is 0 Å². The van der Waals surface area contributed by atoms with E-state index in [1.165, 1.54) is 11.8 Å². The Labute approximate surface area is 111 Å². The molecule has 0 aromatic carbocycles. The van der Waals surface area contributed by atoms with Crippen LogP contribution in [0.1, 0.15) is 5.69 Å². The molecule has 0 amide bonds. The first-order chi connectivity index (χ1) is 8.79. The minimum absolute atomic E-state index is 0.592. The van der Waals surface area contributed by atoms with Gasteiger partial charge in [0.2, 0.25) is 5.16 Å². The predicted octanol–water partition coefficient (Wildman–Crippen LogP) is 0.572. The Bertz CT molecular complexity index is 667. The van der Waals surface area contributed by atoms with Gasteiger partial charge >= 0.3 is 0 Å². The maximum absolute atomic E-state index is 5.66. The molecule has 0 saturated carbocycles. The second-order valence-electron chi connectivity index (χ2n) is 3.65. The summed E-state index contributed by atoms with van der Waals surface area (Å²) in [5, 5.41) is 15.0. The van der Waals surface area contributed by atoms with Crippen LogP contribution in [-0.4, -0.2) is 36.1 Å². The lowest BCUT2D eigenvalue weighted by Gasteiger charge is -2.00. The van der Waals surface area contributed by atoms with E-state index in [9.17, 15) is 0 Å². The average molecular weight is 281 g/mol. The smallest absolute Gasteiger partial charge is 0.215 e. The van der Waals surface area contributed by atoms with Crippen LogP contribution in [0.25, 0.3) is 4.96 Å². The summed E-state index contributed by atoms with van der Waals surface area (Å²) in [5.74, 6) is 0. The molecule has 94 valence electrons. The van der Waals surface area contributed by atoms with Gasteiger partial charge in [-0.15, -0.1) is 16.4 Å². The Morgan fingerprint density at radius 1 is 1.50 bits per heavy atom. The number of hydrogen-bond acceptors (Lipinski definition) is 7. The number of tetrazole rings is 1. The summed E-state index contributed by atoms with van der Waals surface area (Å²) in [5.41, 5.74) is 6.77. The maximum atomic E-state index is 5.66. The van der Waals surface area contributed by atoms with Gasteiger partial charge < -0.3 is 5.73 Å². The highest BCUT2D eigenvalue weighted by Gasteiger charge is 2.16. The van der Waals surface area contributed by atoms with Crippen molar-refractivity contribution in [2.45, 2.75) is 16.6 Å². The third kappa shape index (κ3) is 1.89. The van der Waals surface area contributed by atoms with E-state index in [4.69, 9.17) is 5.73 Å². The highest BCUT2D eigenvalue weighted by atomic mass is 32.2. The van der Waals surface area contributed by atoms with E-state index >= 15 is 0 Å². The van der Waals surface area contributed by atoms with Crippen molar-refractivity contribution in [3.63, 3.8) is 0 Å². The first kappa shape index (κ1) is 11.6. The molecule has 3 aromatic heterocycles. The standard InChI is InChI=1S/C9H11N7S2/c1-15-9(12-13-14-15)18-7-6(2-3-10)16-4-5-17-8(16)11-7/h4-5H,2-3,10H2,1H3. The highest BCUT2D eigenvalue weighted by Crippen LogP contribution is 2.30. The number of imidazole rings is 1. The molecule has 0 spiro atoms. The number of thiazole rings is 1. The Hall–Kier alpha value is -1.45. The zero-order chi connectivity index (χ0) is 12.5. The van der Waals surface area contributed by atoms with E-state index in [2.05, 4.69) is 24.9 Å². The van der Waals surface area contributed by atoms with Crippen LogP contribution in [0.4, 0.5) is 0 Å². The van der Waals surface area contributed by atoms with Gasteiger partial charge in [0.05, 0.1) is 5.69 Å². The van der Waals surface area contributed by atoms with Crippen molar-refractivity contribution in [3.05, 3.63) is 17.3 Å². The second kappa shape index (κ2) is 4.67. The van der Waals surface area contributed by atoms with Gasteiger partial charge in [-0.25, -0.2) is 9.67 Å². The number of nitrogens with zero attached hydrogens (tertiary/aromatic N) is 6. The van der Waals surface area contributed by atoms with E-state index in [0.29, 0.717) is 6.54 Å². The summed E-state index contributed by atoms with van der Waals surface area (Å²) >= 11 is 3.07. The van der Waals surface area contributed by atoms with Gasteiger partial charge in [-0.3, -0.25) is 4.40 Å². The van der Waals surface area contributed by atoms with Crippen molar-refractivity contribution in [1.29, 1.82) is 0 Å². The minimum Gasteiger partial charge on any atom is -0.330 e. The Balaban J connectivity index is 2.02. The van der Waals surface area contributed by atoms with E-state index in [1.807, 2.05) is 18.6 Å². The summed E-state index contributed by atoms with van der Waals surface area (Å²) in [7, 11) is 1.81. The molecule has 0 bridgehead atoms. The lowest BCUT2D eigenvalue weighted by Crippen LogP contribution is -2.05. The molecule has 7 nitrogen and oxygen atoms in total. The zero-order valence-electron chi connectivity index (χ0n) is 9.65. The number of aryl methyl sites for hydroxylation is 1. The number of hydrogen-bond donors (Lipinski definition) is 1. The van der Waals surface area contributed by atoms with Crippen LogP contribution in [0, 0.1) is 0 Å². The molecular formula is C9H11N7S2. The normalized spacial score (nSPS) is 11.4. The Kier molecular flexibility index (Phi) is 3.02. The summed E-state index contributed by atoms with van der Waals surface area (Å²) in [4.78, 5) is 5.56. The van der Waals surface area contributed by atoms with Crippen LogP contribution in [-0.2, 0) is 13.5 Å². The first-order valence-corrected chi connectivity index (χ1v) is 7.04. The molecule has 0 atom stereocenters. The fraction of sp³-hybridized carbons (Fsp3) is 0.333. The summed E-state index contributed by atoms with van der Waals surface area (Å²) in [6.07, 6.45) is 2.79. The van der Waals surface area contributed by atoms with Gasteiger partial charge in [0.1, 0.15) is 5.03 Å². The highest BCUT2D eigenvalue weighted by molar-refractivity contribution is 7.99. The molecule has 0 unspecified atom stereocenters. The van der Waals surface area contributed by atoms with Crippen molar-refractivity contribution in [2.75, 3.05) is 6.54 Å². The van der Waals surface area contributed by atoms with Crippen molar-refractivity contribution in [1.82, 2.24) is 29.6 Å². The SMILES string of the molecule is Cn1nnnc1Sc1nc2sccn2c1CCN. The maximum Gasteiger partial charge on any atom is 0.215 e. The minimum atomic E-state index is 0.592. The second-order valence-corrected chi connectivity index (χ2v) is 5.47. The Morgan fingerprint density at radius 3 is 3.11 bits per heavy atom. The van der Waals surface area contributed by atoms with Gasteiger partial charge in [-0.2, -0.15) is 0 Å². The Morgan fingerprint density at radius 2 is 2.39 bits per heavy atom. The van der Waals surface area contributed by atoms with Gasteiger partial charge in [0, 0.05) is 25.0 Å². The van der Waals surface area contributed by atoms with Gasteiger partial charge in [-0.1, -0.05) is 0 Å².